The van der Waals surface area contributed by atoms with Crippen LogP contribution in [0.15, 0.2) is 0 Å². The molecule has 3 aliphatic rings. The summed E-state index contributed by atoms with van der Waals surface area (Å²) in [6.45, 7) is 2.10. The van der Waals surface area contributed by atoms with Gasteiger partial charge in [0.1, 0.15) is 0 Å². The number of carbonyl (C=O) groups is 1. The van der Waals surface area contributed by atoms with E-state index in [0.29, 0.717) is 23.8 Å². The van der Waals surface area contributed by atoms with E-state index in [1.807, 2.05) is 11.9 Å². The lowest BCUT2D eigenvalue weighted by Gasteiger charge is -2.29. The molecule has 1 amide bonds. The number of hydrogen-bond acceptors (Lipinski definition) is 2. The summed E-state index contributed by atoms with van der Waals surface area (Å²) < 4.78 is 0. The molecule has 1 aliphatic heterocycles. The standard InChI is InChI=1S/C16H28N2O/c1-18(9-7-14-4-2-3-8-17-14)16(19)15-11-12-5-6-13(15)10-12/h12-15,17H,2-11H2,1H3. The van der Waals surface area contributed by atoms with E-state index in [9.17, 15) is 4.79 Å². The Hall–Kier alpha value is -0.570. The Morgan fingerprint density at radius 3 is 2.74 bits per heavy atom. The molecule has 3 heteroatoms. The molecule has 3 nitrogen and oxygen atoms in total. The van der Waals surface area contributed by atoms with Gasteiger partial charge in [-0.15, -0.1) is 0 Å². The molecule has 4 atom stereocenters. The summed E-state index contributed by atoms with van der Waals surface area (Å²) in [7, 11) is 2.01. The number of carbonyl (C=O) groups excluding carboxylic acids is 1. The fourth-order valence-electron chi connectivity index (χ4n) is 4.46. The van der Waals surface area contributed by atoms with Gasteiger partial charge in [0, 0.05) is 25.6 Å². The second-order valence-corrected chi connectivity index (χ2v) is 6.98. The molecule has 2 bridgehead atoms. The molecule has 4 unspecified atom stereocenters. The molecule has 1 heterocycles. The van der Waals surface area contributed by atoms with E-state index in [1.165, 1.54) is 44.9 Å². The van der Waals surface area contributed by atoms with Crippen molar-refractivity contribution in [1.29, 1.82) is 0 Å². The Balaban J connectivity index is 1.44. The second-order valence-electron chi connectivity index (χ2n) is 6.98. The minimum Gasteiger partial charge on any atom is -0.345 e. The van der Waals surface area contributed by atoms with E-state index in [-0.39, 0.29) is 0 Å². The first-order valence-electron chi connectivity index (χ1n) is 8.22. The summed E-state index contributed by atoms with van der Waals surface area (Å²) in [5.41, 5.74) is 0. The van der Waals surface area contributed by atoms with Gasteiger partial charge in [0.05, 0.1) is 0 Å². The van der Waals surface area contributed by atoms with Crippen molar-refractivity contribution >= 4 is 5.91 Å². The van der Waals surface area contributed by atoms with Crippen LogP contribution in [0, 0.1) is 17.8 Å². The second kappa shape index (κ2) is 5.82. The first-order chi connectivity index (χ1) is 9.24. The fourth-order valence-corrected chi connectivity index (χ4v) is 4.46. The predicted octanol–water partition coefficient (Wildman–Crippen LogP) is 2.41. The van der Waals surface area contributed by atoms with Crippen LogP contribution in [0.2, 0.25) is 0 Å². The van der Waals surface area contributed by atoms with Gasteiger partial charge in [0.25, 0.3) is 0 Å². The molecule has 3 rings (SSSR count). The zero-order chi connectivity index (χ0) is 13.2. The summed E-state index contributed by atoms with van der Waals surface area (Å²) in [5.74, 6) is 2.38. The van der Waals surface area contributed by atoms with Crippen molar-refractivity contribution in [1.82, 2.24) is 10.2 Å². The number of fused-ring (bicyclic) bond motifs is 2. The number of nitrogens with one attached hydrogen (secondary N) is 1. The van der Waals surface area contributed by atoms with Crippen LogP contribution in [0.1, 0.15) is 51.4 Å². The number of rotatable bonds is 4. The van der Waals surface area contributed by atoms with Crippen molar-refractivity contribution < 1.29 is 4.79 Å². The number of amides is 1. The van der Waals surface area contributed by atoms with Gasteiger partial charge in [0.15, 0.2) is 0 Å². The predicted molar refractivity (Wildman–Crippen MR) is 76.8 cm³/mol. The average Bonchev–Trinajstić information content (AvgIpc) is 3.07. The maximum absolute atomic E-state index is 12.5. The van der Waals surface area contributed by atoms with Crippen molar-refractivity contribution in [2.75, 3.05) is 20.1 Å². The largest absolute Gasteiger partial charge is 0.345 e. The molecule has 0 aromatic rings. The van der Waals surface area contributed by atoms with Crippen molar-refractivity contribution in [2.24, 2.45) is 17.8 Å². The molecule has 1 saturated heterocycles. The summed E-state index contributed by atoms with van der Waals surface area (Å²) in [6.07, 6.45) is 10.3. The van der Waals surface area contributed by atoms with Crippen molar-refractivity contribution in [3.63, 3.8) is 0 Å². The van der Waals surface area contributed by atoms with E-state index in [0.717, 1.165) is 25.4 Å². The van der Waals surface area contributed by atoms with Gasteiger partial charge in [-0.05, 0) is 56.9 Å². The lowest BCUT2D eigenvalue weighted by Crippen LogP contribution is -2.40. The minimum atomic E-state index is 0.364. The first-order valence-corrected chi connectivity index (χ1v) is 8.22. The summed E-state index contributed by atoms with van der Waals surface area (Å²) in [4.78, 5) is 14.5. The summed E-state index contributed by atoms with van der Waals surface area (Å²) in [5, 5.41) is 3.57. The van der Waals surface area contributed by atoms with Crippen molar-refractivity contribution in [3.8, 4) is 0 Å². The lowest BCUT2D eigenvalue weighted by atomic mass is 9.88. The molecule has 0 spiro atoms. The van der Waals surface area contributed by atoms with E-state index in [1.54, 1.807) is 0 Å². The summed E-state index contributed by atoms with van der Waals surface area (Å²) in [6, 6.07) is 0.643. The smallest absolute Gasteiger partial charge is 0.225 e. The van der Waals surface area contributed by atoms with E-state index in [2.05, 4.69) is 5.32 Å². The maximum atomic E-state index is 12.5. The topological polar surface area (TPSA) is 32.3 Å². The van der Waals surface area contributed by atoms with Crippen LogP contribution >= 0.6 is 0 Å². The lowest BCUT2D eigenvalue weighted by molar-refractivity contribution is -0.136. The van der Waals surface area contributed by atoms with Crippen molar-refractivity contribution in [3.05, 3.63) is 0 Å². The van der Waals surface area contributed by atoms with Gasteiger partial charge in [-0.1, -0.05) is 12.8 Å². The number of piperidine rings is 1. The number of hydrogen-bond donors (Lipinski definition) is 1. The Labute approximate surface area is 117 Å². The molecule has 19 heavy (non-hydrogen) atoms. The third-order valence-electron chi connectivity index (χ3n) is 5.66. The van der Waals surface area contributed by atoms with Crippen LogP contribution in [0.25, 0.3) is 0 Å². The van der Waals surface area contributed by atoms with Gasteiger partial charge < -0.3 is 10.2 Å². The molecule has 0 aromatic carbocycles. The highest BCUT2D eigenvalue weighted by atomic mass is 16.2. The zero-order valence-corrected chi connectivity index (χ0v) is 12.2. The molecule has 2 aliphatic carbocycles. The van der Waals surface area contributed by atoms with Gasteiger partial charge in [-0.25, -0.2) is 0 Å². The highest BCUT2D eigenvalue weighted by Crippen LogP contribution is 2.48. The van der Waals surface area contributed by atoms with Crippen LogP contribution in [0.3, 0.4) is 0 Å². The van der Waals surface area contributed by atoms with Gasteiger partial charge in [-0.2, -0.15) is 0 Å². The quantitative estimate of drug-likeness (QED) is 0.845. The highest BCUT2D eigenvalue weighted by Gasteiger charge is 2.43. The van der Waals surface area contributed by atoms with E-state index < -0.39 is 0 Å². The zero-order valence-electron chi connectivity index (χ0n) is 12.2. The number of nitrogens with zero attached hydrogens (tertiary/aromatic N) is 1. The Morgan fingerprint density at radius 2 is 2.11 bits per heavy atom. The van der Waals surface area contributed by atoms with Gasteiger partial charge in [-0.3, -0.25) is 4.79 Å². The minimum absolute atomic E-state index is 0.364. The van der Waals surface area contributed by atoms with Gasteiger partial charge >= 0.3 is 0 Å². The van der Waals surface area contributed by atoms with E-state index >= 15 is 0 Å². The Bertz CT molecular complexity index is 325. The van der Waals surface area contributed by atoms with Crippen LogP contribution in [0.5, 0.6) is 0 Å². The van der Waals surface area contributed by atoms with E-state index in [4.69, 9.17) is 0 Å². The SMILES string of the molecule is CN(CCC1CCCCN1)C(=O)C1CC2CCC1C2. The molecule has 2 saturated carbocycles. The Morgan fingerprint density at radius 1 is 1.21 bits per heavy atom. The highest BCUT2D eigenvalue weighted by molar-refractivity contribution is 5.79. The average molecular weight is 264 g/mol. The first kappa shape index (κ1) is 13.4. The monoisotopic (exact) mass is 264 g/mol. The third kappa shape index (κ3) is 2.96. The van der Waals surface area contributed by atoms with Crippen LogP contribution in [-0.4, -0.2) is 37.0 Å². The molecule has 1 N–H and O–H groups in total. The Kier molecular flexibility index (Phi) is 4.11. The molecular weight excluding hydrogens is 236 g/mol. The van der Waals surface area contributed by atoms with Gasteiger partial charge in [0.2, 0.25) is 5.91 Å². The maximum Gasteiger partial charge on any atom is 0.225 e. The van der Waals surface area contributed by atoms with Crippen LogP contribution in [-0.2, 0) is 4.79 Å². The fraction of sp³-hybridized carbons (Fsp3) is 0.938. The molecule has 0 aromatic heterocycles. The normalized spacial score (nSPS) is 37.5. The molecule has 108 valence electrons. The van der Waals surface area contributed by atoms with Crippen LogP contribution < -0.4 is 5.32 Å². The third-order valence-corrected chi connectivity index (χ3v) is 5.66. The summed E-state index contributed by atoms with van der Waals surface area (Å²) >= 11 is 0. The molecule has 0 radical (unpaired) electrons. The molecule has 3 fully saturated rings. The molecular formula is C16H28N2O. The van der Waals surface area contributed by atoms with Crippen molar-refractivity contribution in [2.45, 2.75) is 57.4 Å². The van der Waals surface area contributed by atoms with Crippen LogP contribution in [0.4, 0.5) is 0 Å².